The fraction of sp³-hybridized carbons (Fsp3) is 0.267. The van der Waals surface area contributed by atoms with Crippen molar-refractivity contribution in [3.8, 4) is 11.8 Å². The Morgan fingerprint density at radius 3 is 2.36 bits per heavy atom. The number of rotatable bonds is 5. The molecule has 0 saturated carbocycles. The molecule has 0 atom stereocenters. The molecule has 0 radical (unpaired) electrons. The van der Waals surface area contributed by atoms with Crippen molar-refractivity contribution in [2.75, 3.05) is 12.9 Å². The summed E-state index contributed by atoms with van der Waals surface area (Å²) in [7, 11) is -4.00. The Labute approximate surface area is 167 Å². The number of aliphatic imine (C=N–C) groups is 1. The van der Waals surface area contributed by atoms with E-state index in [-0.39, 0.29) is 12.3 Å². The molecule has 13 heteroatoms. The molecule has 2 rings (SSSR count). The number of alkyl halides is 3. The summed E-state index contributed by atoms with van der Waals surface area (Å²) in [5.74, 6) is -0.393. The number of benzene rings is 1. The van der Waals surface area contributed by atoms with Crippen molar-refractivity contribution in [3.05, 3.63) is 33.4 Å². The molecule has 1 aromatic heterocycles. The van der Waals surface area contributed by atoms with Crippen LogP contribution in [-0.2, 0) is 20.8 Å². The van der Waals surface area contributed by atoms with Crippen LogP contribution in [0.1, 0.15) is 18.2 Å². The molecule has 0 unspecified atom stereocenters. The van der Waals surface area contributed by atoms with Crippen LogP contribution >= 0.6 is 23.2 Å². The lowest BCUT2D eigenvalue weighted by Crippen LogP contribution is -2.07. The van der Waals surface area contributed by atoms with Crippen LogP contribution < -0.4 is 0 Å². The molecule has 2 aromatic rings. The monoisotopic (exact) mass is 454 g/mol. The van der Waals surface area contributed by atoms with Crippen molar-refractivity contribution < 1.29 is 26.3 Å². The Hall–Kier alpha value is -2.29. The Morgan fingerprint density at radius 2 is 1.93 bits per heavy atom. The number of nitrogens with zero attached hydrogens (tertiary/aromatic N) is 4. The summed E-state index contributed by atoms with van der Waals surface area (Å²) >= 11 is 11.9. The number of halogens is 5. The van der Waals surface area contributed by atoms with Crippen LogP contribution in [0.15, 0.2) is 22.0 Å². The van der Waals surface area contributed by atoms with E-state index in [0.717, 1.165) is 17.3 Å². The van der Waals surface area contributed by atoms with Crippen molar-refractivity contribution in [3.63, 3.8) is 0 Å². The molecule has 150 valence electrons. The van der Waals surface area contributed by atoms with Gasteiger partial charge in [-0.15, -0.1) is 0 Å². The second-order valence-corrected chi connectivity index (χ2v) is 8.04. The number of sulfone groups is 1. The van der Waals surface area contributed by atoms with Crippen LogP contribution in [0, 0.1) is 11.3 Å². The molecule has 0 spiro atoms. The summed E-state index contributed by atoms with van der Waals surface area (Å²) in [6, 6.07) is 2.81. The minimum atomic E-state index is -4.71. The van der Waals surface area contributed by atoms with Gasteiger partial charge in [0, 0.05) is 6.26 Å². The van der Waals surface area contributed by atoms with Crippen LogP contribution in [0.2, 0.25) is 10.0 Å². The minimum absolute atomic E-state index is 0.207. The molecule has 0 fully saturated rings. The number of nitriles is 1. The molecule has 7 nitrogen and oxygen atoms in total. The van der Waals surface area contributed by atoms with E-state index in [1.54, 1.807) is 13.0 Å². The highest BCUT2D eigenvalue weighted by Crippen LogP contribution is 2.40. The van der Waals surface area contributed by atoms with Gasteiger partial charge in [0.05, 0.1) is 22.2 Å². The summed E-state index contributed by atoms with van der Waals surface area (Å²) in [6.07, 6.45) is -2.97. The van der Waals surface area contributed by atoms with Gasteiger partial charge < -0.3 is 4.74 Å². The van der Waals surface area contributed by atoms with E-state index in [2.05, 4.69) is 10.1 Å². The van der Waals surface area contributed by atoms with E-state index in [4.69, 9.17) is 27.9 Å². The maximum absolute atomic E-state index is 12.9. The minimum Gasteiger partial charge on any atom is -0.483 e. The van der Waals surface area contributed by atoms with Gasteiger partial charge in [-0.2, -0.15) is 28.5 Å². The van der Waals surface area contributed by atoms with Gasteiger partial charge in [-0.25, -0.2) is 13.1 Å². The first-order valence-electron chi connectivity index (χ1n) is 7.35. The average molecular weight is 455 g/mol. The molecule has 0 aliphatic carbocycles. The van der Waals surface area contributed by atoms with Crippen LogP contribution in [0.25, 0.3) is 5.69 Å². The molecule has 0 aliphatic rings. The van der Waals surface area contributed by atoms with Crippen molar-refractivity contribution in [1.29, 1.82) is 5.26 Å². The number of hydrogen-bond donors (Lipinski definition) is 0. The van der Waals surface area contributed by atoms with E-state index in [0.29, 0.717) is 12.1 Å². The largest absolute Gasteiger partial charge is 0.483 e. The zero-order valence-corrected chi connectivity index (χ0v) is 16.6. The van der Waals surface area contributed by atoms with E-state index in [9.17, 15) is 26.9 Å². The van der Waals surface area contributed by atoms with E-state index in [1.165, 1.54) is 0 Å². The first-order valence-corrected chi connectivity index (χ1v) is 10.0. The van der Waals surface area contributed by atoms with Gasteiger partial charge >= 0.3 is 6.18 Å². The van der Waals surface area contributed by atoms with Gasteiger partial charge in [0.15, 0.2) is 27.7 Å². The van der Waals surface area contributed by atoms with Gasteiger partial charge in [0.2, 0.25) is 0 Å². The number of hydrogen-bond acceptors (Lipinski definition) is 6. The normalized spacial score (nSPS) is 12.4. The Balaban J connectivity index is 2.87. The lowest BCUT2D eigenvalue weighted by molar-refractivity contribution is -0.137. The zero-order valence-electron chi connectivity index (χ0n) is 14.3. The fourth-order valence-corrected chi connectivity index (χ4v) is 3.73. The highest BCUT2D eigenvalue weighted by molar-refractivity contribution is 7.91. The summed E-state index contributed by atoms with van der Waals surface area (Å²) in [4.78, 5) is 3.30. The summed E-state index contributed by atoms with van der Waals surface area (Å²) in [5, 5.41) is 12.1. The fourth-order valence-electron chi connectivity index (χ4n) is 2.17. The maximum Gasteiger partial charge on any atom is 0.416 e. The quantitative estimate of drug-likeness (QED) is 0.498. The van der Waals surface area contributed by atoms with Crippen LogP contribution in [0.5, 0.6) is 0 Å². The molecule has 0 bridgehead atoms. The van der Waals surface area contributed by atoms with E-state index >= 15 is 0 Å². The first kappa shape index (κ1) is 22.0. The number of aromatic nitrogens is 2. The Morgan fingerprint density at radius 1 is 1.36 bits per heavy atom. The van der Waals surface area contributed by atoms with Crippen LogP contribution in [0.3, 0.4) is 0 Å². The summed E-state index contributed by atoms with van der Waals surface area (Å²) in [6.45, 7) is 1.85. The number of ether oxygens (including phenoxy) is 1. The molecular formula is C15H11Cl2F3N4O3S. The first-order chi connectivity index (χ1) is 12.9. The van der Waals surface area contributed by atoms with Crippen LogP contribution in [-0.4, -0.2) is 37.5 Å². The molecule has 28 heavy (non-hydrogen) atoms. The van der Waals surface area contributed by atoms with Crippen molar-refractivity contribution in [2.24, 2.45) is 4.99 Å². The lowest BCUT2D eigenvalue weighted by Gasteiger charge is -2.13. The molecule has 0 N–H and O–H groups in total. The van der Waals surface area contributed by atoms with Crippen molar-refractivity contribution >= 4 is 45.3 Å². The third kappa shape index (κ3) is 4.40. The van der Waals surface area contributed by atoms with Gasteiger partial charge in [0.1, 0.15) is 16.7 Å². The molecule has 0 aliphatic heterocycles. The summed E-state index contributed by atoms with van der Waals surface area (Å²) in [5.41, 5.74) is -1.91. The average Bonchev–Trinajstić information content (AvgIpc) is 2.92. The smallest absolute Gasteiger partial charge is 0.416 e. The van der Waals surface area contributed by atoms with Crippen molar-refractivity contribution in [2.45, 2.75) is 18.0 Å². The van der Waals surface area contributed by atoms with Gasteiger partial charge in [-0.1, -0.05) is 23.2 Å². The third-order valence-corrected chi connectivity index (χ3v) is 4.96. The van der Waals surface area contributed by atoms with Gasteiger partial charge in [0.25, 0.3) is 0 Å². The van der Waals surface area contributed by atoms with Crippen LogP contribution in [0.4, 0.5) is 19.0 Å². The second kappa shape index (κ2) is 7.98. The molecule has 1 heterocycles. The Kier molecular flexibility index (Phi) is 6.27. The maximum atomic E-state index is 12.9. The standard InChI is InChI=1S/C15H11Cl2F3N4O3S/c1-3-27-7-22-14-13(28(2,25)26)11(6-21)23-24(14)12-9(16)4-8(5-10(12)17)15(18,19)20/h4-5,7H,3H2,1-2H3/b22-7+. The van der Waals surface area contributed by atoms with Crippen molar-refractivity contribution in [1.82, 2.24) is 9.78 Å². The van der Waals surface area contributed by atoms with Gasteiger partial charge in [-0.3, -0.25) is 0 Å². The van der Waals surface area contributed by atoms with E-state index in [1.807, 2.05) is 0 Å². The topological polar surface area (TPSA) is 97.3 Å². The predicted octanol–water partition coefficient (Wildman–Crippen LogP) is 4.17. The van der Waals surface area contributed by atoms with E-state index < -0.39 is 48.0 Å². The lowest BCUT2D eigenvalue weighted by atomic mass is 10.2. The molecular weight excluding hydrogens is 444 g/mol. The van der Waals surface area contributed by atoms with Gasteiger partial charge in [-0.05, 0) is 19.1 Å². The highest BCUT2D eigenvalue weighted by atomic mass is 35.5. The molecule has 0 saturated heterocycles. The SMILES string of the molecule is CCO/C=N/c1c(S(C)(=O)=O)c(C#N)nn1-c1c(Cl)cc(C(F)(F)F)cc1Cl. The Bertz CT molecular complexity index is 1070. The second-order valence-electron chi connectivity index (χ2n) is 5.27. The predicted molar refractivity (Wildman–Crippen MR) is 96.2 cm³/mol. The molecule has 1 aromatic carbocycles. The highest BCUT2D eigenvalue weighted by Gasteiger charge is 2.33. The molecule has 0 amide bonds. The summed E-state index contributed by atoms with van der Waals surface area (Å²) < 4.78 is 68.8. The third-order valence-electron chi connectivity index (χ3n) is 3.27. The zero-order chi connectivity index (χ0) is 21.3.